The van der Waals surface area contributed by atoms with E-state index in [1.54, 1.807) is 7.05 Å². The molecule has 1 aromatic carbocycles. The normalized spacial score (nSPS) is 14.9. The fourth-order valence-corrected chi connectivity index (χ4v) is 2.01. The molecule has 0 saturated carbocycles. The van der Waals surface area contributed by atoms with Crippen molar-refractivity contribution in [1.29, 1.82) is 0 Å². The minimum Gasteiger partial charge on any atom is -0.357 e. The van der Waals surface area contributed by atoms with Gasteiger partial charge in [-0.05, 0) is 11.5 Å². The SMILES string of the molecule is CC[C@H](C)[C@H](N)C(=O)N[C@@H](Cc1ccccc1)C(=O)NC. The molecule has 4 N–H and O–H groups in total. The summed E-state index contributed by atoms with van der Waals surface area (Å²) >= 11 is 0. The standard InChI is InChI=1S/C16H25N3O2/c1-4-11(2)14(17)16(21)19-13(15(20)18-3)10-12-8-6-5-7-9-12/h5-9,11,13-14H,4,10,17H2,1-3H3,(H,18,20)(H,19,21)/t11-,13-,14-/m0/s1. The molecule has 5 nitrogen and oxygen atoms in total. The summed E-state index contributed by atoms with van der Waals surface area (Å²) in [5.41, 5.74) is 6.90. The van der Waals surface area contributed by atoms with Crippen LogP contribution in [-0.2, 0) is 16.0 Å². The first-order chi connectivity index (χ1) is 9.99. The van der Waals surface area contributed by atoms with Gasteiger partial charge in [-0.15, -0.1) is 0 Å². The van der Waals surface area contributed by atoms with Crippen LogP contribution >= 0.6 is 0 Å². The number of hydrogen-bond donors (Lipinski definition) is 3. The molecule has 21 heavy (non-hydrogen) atoms. The maximum Gasteiger partial charge on any atom is 0.242 e. The van der Waals surface area contributed by atoms with Crippen molar-refractivity contribution in [2.45, 2.75) is 38.8 Å². The maximum atomic E-state index is 12.1. The highest BCUT2D eigenvalue weighted by molar-refractivity contribution is 5.89. The molecule has 0 radical (unpaired) electrons. The molecule has 2 amide bonds. The van der Waals surface area contributed by atoms with Gasteiger partial charge in [0.2, 0.25) is 11.8 Å². The van der Waals surface area contributed by atoms with E-state index in [1.807, 2.05) is 44.2 Å². The number of nitrogens with one attached hydrogen (secondary N) is 2. The van der Waals surface area contributed by atoms with Crippen LogP contribution < -0.4 is 16.4 Å². The van der Waals surface area contributed by atoms with Gasteiger partial charge in [-0.3, -0.25) is 9.59 Å². The van der Waals surface area contributed by atoms with E-state index in [0.717, 1.165) is 12.0 Å². The monoisotopic (exact) mass is 291 g/mol. The Morgan fingerprint density at radius 1 is 1.19 bits per heavy atom. The Bertz CT molecular complexity index is 462. The Morgan fingerprint density at radius 2 is 1.81 bits per heavy atom. The van der Waals surface area contributed by atoms with Crippen molar-refractivity contribution < 1.29 is 9.59 Å². The molecule has 116 valence electrons. The molecule has 0 aliphatic heterocycles. The summed E-state index contributed by atoms with van der Waals surface area (Å²) in [5, 5.41) is 5.33. The van der Waals surface area contributed by atoms with Crippen LogP contribution in [-0.4, -0.2) is 30.9 Å². The highest BCUT2D eigenvalue weighted by Crippen LogP contribution is 2.07. The number of amides is 2. The van der Waals surface area contributed by atoms with E-state index in [-0.39, 0.29) is 17.7 Å². The summed E-state index contributed by atoms with van der Waals surface area (Å²) in [4.78, 5) is 24.1. The van der Waals surface area contributed by atoms with Crippen LogP contribution in [0.1, 0.15) is 25.8 Å². The summed E-state index contributed by atoms with van der Waals surface area (Å²) in [5.74, 6) is -0.426. The molecule has 0 fully saturated rings. The average Bonchev–Trinajstić information content (AvgIpc) is 2.52. The second kappa shape index (κ2) is 8.42. The molecule has 0 aliphatic carbocycles. The van der Waals surface area contributed by atoms with Gasteiger partial charge in [0, 0.05) is 13.5 Å². The maximum absolute atomic E-state index is 12.1. The lowest BCUT2D eigenvalue weighted by molar-refractivity contribution is -0.129. The molecule has 0 bridgehead atoms. The van der Waals surface area contributed by atoms with Gasteiger partial charge in [-0.2, -0.15) is 0 Å². The lowest BCUT2D eigenvalue weighted by atomic mass is 9.98. The van der Waals surface area contributed by atoms with Crippen LogP contribution in [0.15, 0.2) is 30.3 Å². The van der Waals surface area contributed by atoms with Gasteiger partial charge >= 0.3 is 0 Å². The van der Waals surface area contributed by atoms with Gasteiger partial charge in [0.05, 0.1) is 6.04 Å². The smallest absolute Gasteiger partial charge is 0.242 e. The highest BCUT2D eigenvalue weighted by Gasteiger charge is 2.25. The molecule has 0 unspecified atom stereocenters. The molecule has 0 aromatic heterocycles. The van der Waals surface area contributed by atoms with Crippen molar-refractivity contribution in [3.05, 3.63) is 35.9 Å². The molecule has 0 spiro atoms. The van der Waals surface area contributed by atoms with Gasteiger partial charge < -0.3 is 16.4 Å². The Hall–Kier alpha value is -1.88. The number of carbonyl (C=O) groups excluding carboxylic acids is 2. The van der Waals surface area contributed by atoms with Gasteiger partial charge in [-0.25, -0.2) is 0 Å². The summed E-state index contributed by atoms with van der Waals surface area (Å²) in [6.07, 6.45) is 1.26. The Morgan fingerprint density at radius 3 is 2.33 bits per heavy atom. The van der Waals surface area contributed by atoms with E-state index in [2.05, 4.69) is 10.6 Å². The van der Waals surface area contributed by atoms with Gasteiger partial charge in [-0.1, -0.05) is 50.6 Å². The van der Waals surface area contributed by atoms with E-state index in [0.29, 0.717) is 6.42 Å². The van der Waals surface area contributed by atoms with Crippen LogP contribution in [0.2, 0.25) is 0 Å². The Kier molecular flexibility index (Phi) is 6.88. The minimum atomic E-state index is -0.611. The number of hydrogen-bond acceptors (Lipinski definition) is 3. The zero-order valence-electron chi connectivity index (χ0n) is 12.9. The summed E-state index contributed by atoms with van der Waals surface area (Å²) in [6.45, 7) is 3.91. The number of benzene rings is 1. The first-order valence-electron chi connectivity index (χ1n) is 7.31. The molecule has 0 saturated heterocycles. The first-order valence-corrected chi connectivity index (χ1v) is 7.31. The number of nitrogens with two attached hydrogens (primary N) is 1. The molecular weight excluding hydrogens is 266 g/mol. The number of carbonyl (C=O) groups is 2. The molecule has 0 heterocycles. The molecule has 5 heteroatoms. The third-order valence-electron chi connectivity index (χ3n) is 3.72. The van der Waals surface area contributed by atoms with Crippen LogP contribution in [0.5, 0.6) is 0 Å². The Labute approximate surface area is 126 Å². The molecule has 1 rings (SSSR count). The van der Waals surface area contributed by atoms with E-state index in [4.69, 9.17) is 5.73 Å². The van der Waals surface area contributed by atoms with Crippen molar-refractivity contribution in [1.82, 2.24) is 10.6 Å². The van der Waals surface area contributed by atoms with Crippen molar-refractivity contribution in [3.63, 3.8) is 0 Å². The predicted octanol–water partition coefficient (Wildman–Crippen LogP) is 0.833. The highest BCUT2D eigenvalue weighted by atomic mass is 16.2. The van der Waals surface area contributed by atoms with Gasteiger partial charge in [0.1, 0.15) is 6.04 Å². The van der Waals surface area contributed by atoms with Crippen molar-refractivity contribution >= 4 is 11.8 Å². The molecular formula is C16H25N3O2. The van der Waals surface area contributed by atoms with E-state index in [9.17, 15) is 9.59 Å². The molecule has 1 aromatic rings. The molecule has 0 aliphatic rings. The van der Waals surface area contributed by atoms with Crippen molar-refractivity contribution in [3.8, 4) is 0 Å². The van der Waals surface area contributed by atoms with Crippen molar-refractivity contribution in [2.24, 2.45) is 11.7 Å². The lowest BCUT2D eigenvalue weighted by Crippen LogP contribution is -2.53. The molecule has 3 atom stereocenters. The summed E-state index contributed by atoms with van der Waals surface area (Å²) in [7, 11) is 1.56. The largest absolute Gasteiger partial charge is 0.357 e. The summed E-state index contributed by atoms with van der Waals surface area (Å²) < 4.78 is 0. The van der Waals surface area contributed by atoms with Gasteiger partial charge in [0.15, 0.2) is 0 Å². The summed E-state index contributed by atoms with van der Waals surface area (Å²) in [6, 6.07) is 8.37. The third kappa shape index (κ3) is 5.19. The van der Waals surface area contributed by atoms with Crippen LogP contribution in [0.25, 0.3) is 0 Å². The second-order valence-corrected chi connectivity index (χ2v) is 5.28. The van der Waals surface area contributed by atoms with Gasteiger partial charge in [0.25, 0.3) is 0 Å². The minimum absolute atomic E-state index is 0.0760. The van der Waals surface area contributed by atoms with E-state index < -0.39 is 12.1 Å². The first kappa shape index (κ1) is 17.2. The zero-order valence-corrected chi connectivity index (χ0v) is 12.9. The van der Waals surface area contributed by atoms with Crippen LogP contribution in [0.3, 0.4) is 0 Å². The van der Waals surface area contributed by atoms with E-state index in [1.165, 1.54) is 0 Å². The second-order valence-electron chi connectivity index (χ2n) is 5.28. The quantitative estimate of drug-likeness (QED) is 0.696. The topological polar surface area (TPSA) is 84.2 Å². The number of rotatable bonds is 7. The van der Waals surface area contributed by atoms with Crippen LogP contribution in [0, 0.1) is 5.92 Å². The van der Waals surface area contributed by atoms with Crippen molar-refractivity contribution in [2.75, 3.05) is 7.05 Å². The third-order valence-corrected chi connectivity index (χ3v) is 3.72. The fraction of sp³-hybridized carbons (Fsp3) is 0.500. The Balaban J connectivity index is 2.75. The van der Waals surface area contributed by atoms with Crippen LogP contribution in [0.4, 0.5) is 0 Å². The number of likely N-dealkylation sites (N-methyl/N-ethyl adjacent to an activating group) is 1. The predicted molar refractivity (Wildman–Crippen MR) is 83.6 cm³/mol. The zero-order chi connectivity index (χ0) is 15.8. The average molecular weight is 291 g/mol. The fourth-order valence-electron chi connectivity index (χ4n) is 2.01. The lowest BCUT2D eigenvalue weighted by Gasteiger charge is -2.22. The van der Waals surface area contributed by atoms with E-state index >= 15 is 0 Å².